The van der Waals surface area contributed by atoms with Gasteiger partial charge in [-0.25, -0.2) is 4.98 Å². The Bertz CT molecular complexity index is 1490. The van der Waals surface area contributed by atoms with E-state index in [9.17, 15) is 19.2 Å². The molecule has 5 atom stereocenters. The second-order valence-electron chi connectivity index (χ2n) is 15.7. The van der Waals surface area contributed by atoms with Gasteiger partial charge < -0.3 is 19.9 Å². The van der Waals surface area contributed by atoms with Gasteiger partial charge in [0.2, 0.25) is 5.91 Å². The fraction of sp³-hybridized carbons (Fsp3) is 0.675. The molecular weight excluding hydrogens is 663 g/mol. The molecule has 1 aromatic carbocycles. The third-order valence-corrected chi connectivity index (χ3v) is 12.9. The fourth-order valence-corrected chi connectivity index (χ4v) is 8.73. The molecule has 2 fully saturated rings. The van der Waals surface area contributed by atoms with E-state index in [1.807, 2.05) is 52.9 Å². The number of hydrogen-bond donors (Lipinski definition) is 1. The number of aromatic nitrogens is 1. The topological polar surface area (TPSA) is 112 Å². The minimum absolute atomic E-state index is 0.0202. The number of Topliss-reactive ketones (excluding diaryl/α,β-unsaturated/α-hetero) is 1. The Hall–Kier alpha value is -3.15. The number of piperidine rings is 1. The summed E-state index contributed by atoms with van der Waals surface area (Å²) in [7, 11) is 5.92. The number of thiazole rings is 1. The van der Waals surface area contributed by atoms with Gasteiger partial charge in [0.25, 0.3) is 5.91 Å². The minimum atomic E-state index is -0.740. The maximum absolute atomic E-state index is 14.3. The van der Waals surface area contributed by atoms with E-state index in [4.69, 9.17) is 9.72 Å². The van der Waals surface area contributed by atoms with Crippen LogP contribution in [-0.4, -0.2) is 102 Å². The van der Waals surface area contributed by atoms with Crippen LogP contribution in [0.15, 0.2) is 35.7 Å². The maximum atomic E-state index is 14.3. The fourth-order valence-electron chi connectivity index (χ4n) is 7.89. The Kier molecular flexibility index (Phi) is 14.0. The lowest BCUT2D eigenvalue weighted by molar-refractivity contribution is -0.149. The van der Waals surface area contributed by atoms with Gasteiger partial charge in [0.15, 0.2) is 11.9 Å². The van der Waals surface area contributed by atoms with Crippen molar-refractivity contribution in [2.45, 2.75) is 110 Å². The summed E-state index contributed by atoms with van der Waals surface area (Å²) in [6.45, 7) is 14.8. The van der Waals surface area contributed by atoms with Gasteiger partial charge in [-0.1, -0.05) is 64.4 Å². The summed E-state index contributed by atoms with van der Waals surface area (Å²) >= 11 is 1.29. The average Bonchev–Trinajstić information content (AvgIpc) is 3.75. The van der Waals surface area contributed by atoms with Crippen molar-refractivity contribution in [3.8, 4) is 0 Å². The standard InChI is InChI=1S/C40H61N5O5S/c1-10-28(4)31(23-35(47)39(6)17-14-20-44(39)8)38(49)45(9)33(27(2)3)24-34(50-29(5)46)37-42-32(25-51-37)36(48)41-26-40(18-21-43(7)22-19-40)30-15-12-11-13-16-30/h11-13,15-16,25,27-28,31,33-34H,10,14,17-24,26H2,1-9H3,(H,41,48)/t28-,31-,33+,34+,39+/m0/s1. The van der Waals surface area contributed by atoms with Gasteiger partial charge in [-0.15, -0.1) is 11.3 Å². The highest BCUT2D eigenvalue weighted by atomic mass is 32.1. The number of rotatable bonds is 16. The number of hydrogen-bond acceptors (Lipinski definition) is 9. The molecule has 0 saturated carbocycles. The van der Waals surface area contributed by atoms with Gasteiger partial charge in [0, 0.05) is 56.1 Å². The van der Waals surface area contributed by atoms with Crippen molar-refractivity contribution in [2.24, 2.45) is 17.8 Å². The van der Waals surface area contributed by atoms with Crippen molar-refractivity contribution in [1.29, 1.82) is 0 Å². The largest absolute Gasteiger partial charge is 0.455 e. The van der Waals surface area contributed by atoms with Crippen LogP contribution in [0.4, 0.5) is 0 Å². The Labute approximate surface area is 309 Å². The van der Waals surface area contributed by atoms with Crippen molar-refractivity contribution < 1.29 is 23.9 Å². The minimum Gasteiger partial charge on any atom is -0.455 e. The number of amides is 2. The molecule has 2 amide bonds. The molecule has 0 bridgehead atoms. The summed E-state index contributed by atoms with van der Waals surface area (Å²) in [6.07, 6.45) is 4.21. The predicted molar refractivity (Wildman–Crippen MR) is 203 cm³/mol. The van der Waals surface area contributed by atoms with Crippen LogP contribution >= 0.6 is 11.3 Å². The molecule has 3 heterocycles. The number of likely N-dealkylation sites (tertiary alicyclic amines) is 2. The zero-order chi connectivity index (χ0) is 37.5. The van der Waals surface area contributed by atoms with Crippen LogP contribution in [0.25, 0.3) is 0 Å². The first-order valence-electron chi connectivity index (χ1n) is 18.8. The monoisotopic (exact) mass is 723 g/mol. The van der Waals surface area contributed by atoms with Crippen molar-refractivity contribution >= 4 is 34.9 Å². The second kappa shape index (κ2) is 17.6. The Morgan fingerprint density at radius 1 is 1.04 bits per heavy atom. The molecular formula is C40H61N5O5S. The highest BCUT2D eigenvalue weighted by molar-refractivity contribution is 7.09. The number of carbonyl (C=O) groups is 4. The third kappa shape index (κ3) is 9.64. The van der Waals surface area contributed by atoms with E-state index in [0.717, 1.165) is 51.7 Å². The summed E-state index contributed by atoms with van der Waals surface area (Å²) in [5.41, 5.74) is 0.805. The summed E-state index contributed by atoms with van der Waals surface area (Å²) in [5, 5.41) is 5.41. The molecule has 2 aliphatic rings. The van der Waals surface area contributed by atoms with E-state index < -0.39 is 23.5 Å². The lowest BCUT2D eigenvalue weighted by atomic mass is 9.72. The zero-order valence-corrected chi connectivity index (χ0v) is 33.2. The summed E-state index contributed by atoms with van der Waals surface area (Å²) in [5.74, 6) is -1.08. The first kappa shape index (κ1) is 40.6. The van der Waals surface area contributed by atoms with Gasteiger partial charge in [0.05, 0.1) is 5.54 Å². The van der Waals surface area contributed by atoms with E-state index in [1.165, 1.54) is 23.8 Å². The van der Waals surface area contributed by atoms with E-state index in [2.05, 4.69) is 41.2 Å². The maximum Gasteiger partial charge on any atom is 0.303 e. The van der Waals surface area contributed by atoms with Crippen LogP contribution in [0.1, 0.15) is 114 Å². The molecule has 0 aliphatic carbocycles. The molecule has 2 saturated heterocycles. The first-order chi connectivity index (χ1) is 24.1. The zero-order valence-electron chi connectivity index (χ0n) is 32.4. The molecule has 0 unspecified atom stereocenters. The van der Waals surface area contributed by atoms with Crippen molar-refractivity contribution in [2.75, 3.05) is 47.3 Å². The van der Waals surface area contributed by atoms with Crippen molar-refractivity contribution in [3.63, 3.8) is 0 Å². The van der Waals surface area contributed by atoms with Gasteiger partial charge in [-0.05, 0) is 83.7 Å². The van der Waals surface area contributed by atoms with E-state index in [-0.39, 0.29) is 53.0 Å². The van der Waals surface area contributed by atoms with Gasteiger partial charge >= 0.3 is 5.97 Å². The molecule has 51 heavy (non-hydrogen) atoms. The average molecular weight is 724 g/mol. The Morgan fingerprint density at radius 2 is 1.71 bits per heavy atom. The predicted octanol–water partition coefficient (Wildman–Crippen LogP) is 6.12. The van der Waals surface area contributed by atoms with Crippen LogP contribution in [0.3, 0.4) is 0 Å². The lowest BCUT2D eigenvalue weighted by Gasteiger charge is -2.41. The van der Waals surface area contributed by atoms with E-state index >= 15 is 0 Å². The molecule has 2 aromatic rings. The quantitative estimate of drug-likeness (QED) is 0.206. The smallest absolute Gasteiger partial charge is 0.303 e. The molecule has 0 spiro atoms. The summed E-state index contributed by atoms with van der Waals surface area (Å²) < 4.78 is 5.84. The van der Waals surface area contributed by atoms with Gasteiger partial charge in [-0.2, -0.15) is 0 Å². The van der Waals surface area contributed by atoms with Crippen molar-refractivity contribution in [1.82, 2.24) is 25.0 Å². The summed E-state index contributed by atoms with van der Waals surface area (Å²) in [6, 6.07) is 10.1. The third-order valence-electron chi connectivity index (χ3n) is 12.0. The number of ketones is 1. The van der Waals surface area contributed by atoms with Crippen LogP contribution in [-0.2, 0) is 24.5 Å². The molecule has 282 valence electrons. The van der Waals surface area contributed by atoms with Crippen LogP contribution < -0.4 is 5.32 Å². The van der Waals surface area contributed by atoms with Gasteiger partial charge in [-0.3, -0.25) is 24.1 Å². The van der Waals surface area contributed by atoms with Crippen LogP contribution in [0.5, 0.6) is 0 Å². The second-order valence-corrected chi connectivity index (χ2v) is 16.6. The number of benzene rings is 1. The number of nitrogens with zero attached hydrogens (tertiary/aromatic N) is 4. The SMILES string of the molecule is CC[C@H](C)[C@H](CC(=O)[C@@]1(C)CCCN1C)C(=O)N(C)[C@H](C[C@@H](OC(C)=O)c1nc(C(=O)NCC2(c3ccccc3)CCN(C)CC2)cs1)C(C)C. The van der Waals surface area contributed by atoms with Crippen LogP contribution in [0.2, 0.25) is 0 Å². The number of ether oxygens (including phenoxy) is 1. The Morgan fingerprint density at radius 3 is 2.27 bits per heavy atom. The normalized spacial score (nSPS) is 21.8. The van der Waals surface area contributed by atoms with E-state index in [0.29, 0.717) is 18.0 Å². The summed E-state index contributed by atoms with van der Waals surface area (Å²) in [4.78, 5) is 64.8. The first-order valence-corrected chi connectivity index (χ1v) is 19.7. The molecule has 4 rings (SSSR count). The number of esters is 1. The lowest BCUT2D eigenvalue weighted by Crippen LogP contribution is -2.50. The number of nitrogens with one attached hydrogen (secondary N) is 1. The number of likely N-dealkylation sites (N-methyl/N-ethyl adjacent to an activating group) is 1. The molecule has 1 N–H and O–H groups in total. The van der Waals surface area contributed by atoms with Gasteiger partial charge in [0.1, 0.15) is 10.7 Å². The Balaban J connectivity index is 1.50. The molecule has 2 aliphatic heterocycles. The van der Waals surface area contributed by atoms with Crippen LogP contribution in [0, 0.1) is 17.8 Å². The molecule has 1 aromatic heterocycles. The highest BCUT2D eigenvalue weighted by Crippen LogP contribution is 2.37. The molecule has 11 heteroatoms. The number of carbonyl (C=O) groups excluding carboxylic acids is 4. The van der Waals surface area contributed by atoms with E-state index in [1.54, 1.807) is 17.3 Å². The highest BCUT2D eigenvalue weighted by Gasteiger charge is 2.44. The molecule has 10 nitrogen and oxygen atoms in total. The molecule has 0 radical (unpaired) electrons. The van der Waals surface area contributed by atoms with Crippen molar-refractivity contribution in [3.05, 3.63) is 52.0 Å².